The predicted molar refractivity (Wildman–Crippen MR) is 82.3 cm³/mol. The molecule has 1 aliphatic rings. The van der Waals surface area contributed by atoms with Gasteiger partial charge in [-0.3, -0.25) is 4.90 Å². The van der Waals surface area contributed by atoms with Crippen molar-refractivity contribution in [3.8, 4) is 11.5 Å². The summed E-state index contributed by atoms with van der Waals surface area (Å²) in [6, 6.07) is 4.64. The highest BCUT2D eigenvalue weighted by atomic mass is 35.5. The van der Waals surface area contributed by atoms with Gasteiger partial charge in [-0.25, -0.2) is 4.39 Å². The molecule has 1 heterocycles. The topological polar surface area (TPSA) is 44.7 Å². The summed E-state index contributed by atoms with van der Waals surface area (Å²) < 4.78 is 18.3. The van der Waals surface area contributed by atoms with E-state index in [1.54, 1.807) is 12.1 Å². The maximum absolute atomic E-state index is 13.3. The molecule has 1 aromatic rings. The van der Waals surface area contributed by atoms with Crippen molar-refractivity contribution in [3.63, 3.8) is 0 Å². The average Bonchev–Trinajstić information content (AvgIpc) is 2.42. The van der Waals surface area contributed by atoms with Crippen molar-refractivity contribution in [3.05, 3.63) is 23.8 Å². The number of aromatic hydroxyl groups is 1. The minimum absolute atomic E-state index is 0. The number of hydrogen-bond acceptors (Lipinski definition) is 4. The number of hydrogen-bond donors (Lipinski definition) is 2. The van der Waals surface area contributed by atoms with Crippen molar-refractivity contribution >= 4 is 24.8 Å². The van der Waals surface area contributed by atoms with Gasteiger partial charge in [0.05, 0.1) is 13.2 Å². The minimum Gasteiger partial charge on any atom is -0.507 e. The third-order valence-electron chi connectivity index (χ3n) is 3.34. The van der Waals surface area contributed by atoms with E-state index >= 15 is 0 Å². The Balaban J connectivity index is 0.00000180. The van der Waals surface area contributed by atoms with Crippen molar-refractivity contribution in [1.29, 1.82) is 0 Å². The molecule has 1 saturated heterocycles. The lowest BCUT2D eigenvalue weighted by Gasteiger charge is -2.33. The van der Waals surface area contributed by atoms with Crippen molar-refractivity contribution in [2.24, 2.45) is 0 Å². The predicted octanol–water partition coefficient (Wildman–Crippen LogP) is 2.16. The molecule has 1 fully saturated rings. The van der Waals surface area contributed by atoms with E-state index in [0.29, 0.717) is 11.3 Å². The molecule has 116 valence electrons. The Bertz CT molecular complexity index is 404. The number of rotatable bonds is 4. The zero-order chi connectivity index (χ0) is 13.0. The average molecular weight is 327 g/mol. The molecule has 1 aromatic carbocycles. The standard InChI is InChI=1S/C13H19FN2O2.2ClH/c1-18-10-2-3-11(13(17)8-10)12(9-14)16-6-4-15-5-7-16;;/h2-3,8,12,15,17H,4-7,9H2,1H3;2*1H/t12-;;/m0../s1. The summed E-state index contributed by atoms with van der Waals surface area (Å²) >= 11 is 0. The van der Waals surface area contributed by atoms with Crippen LogP contribution in [0.5, 0.6) is 11.5 Å². The molecule has 7 heteroatoms. The zero-order valence-corrected chi connectivity index (χ0v) is 13.0. The number of nitrogens with one attached hydrogen (secondary N) is 1. The van der Waals surface area contributed by atoms with Gasteiger partial charge < -0.3 is 15.2 Å². The lowest BCUT2D eigenvalue weighted by Crippen LogP contribution is -2.45. The minimum atomic E-state index is -0.500. The highest BCUT2D eigenvalue weighted by Crippen LogP contribution is 2.32. The van der Waals surface area contributed by atoms with Crippen molar-refractivity contribution < 1.29 is 14.2 Å². The van der Waals surface area contributed by atoms with Crippen LogP contribution in [0.15, 0.2) is 18.2 Å². The van der Waals surface area contributed by atoms with Gasteiger partial charge in [0.25, 0.3) is 0 Å². The van der Waals surface area contributed by atoms with E-state index in [2.05, 4.69) is 10.2 Å². The summed E-state index contributed by atoms with van der Waals surface area (Å²) in [6.45, 7) is 2.79. The summed E-state index contributed by atoms with van der Waals surface area (Å²) in [4.78, 5) is 2.05. The maximum atomic E-state index is 13.3. The van der Waals surface area contributed by atoms with E-state index in [9.17, 15) is 9.50 Å². The van der Waals surface area contributed by atoms with Gasteiger partial charge in [0, 0.05) is 37.8 Å². The monoisotopic (exact) mass is 326 g/mol. The molecule has 0 bridgehead atoms. The summed E-state index contributed by atoms with van der Waals surface area (Å²) in [6.07, 6.45) is 0. The Hall–Kier alpha value is -0.750. The third kappa shape index (κ3) is 4.38. The Morgan fingerprint density at radius 1 is 1.35 bits per heavy atom. The smallest absolute Gasteiger partial charge is 0.124 e. The van der Waals surface area contributed by atoms with E-state index in [0.717, 1.165) is 26.2 Å². The fraction of sp³-hybridized carbons (Fsp3) is 0.538. The van der Waals surface area contributed by atoms with Crippen LogP contribution >= 0.6 is 24.8 Å². The van der Waals surface area contributed by atoms with Gasteiger partial charge in [0.2, 0.25) is 0 Å². The van der Waals surface area contributed by atoms with E-state index in [4.69, 9.17) is 4.74 Å². The molecule has 2 N–H and O–H groups in total. The highest BCUT2D eigenvalue weighted by molar-refractivity contribution is 5.85. The van der Waals surface area contributed by atoms with E-state index in [1.807, 2.05) is 0 Å². The zero-order valence-electron chi connectivity index (χ0n) is 11.3. The molecule has 0 radical (unpaired) electrons. The van der Waals surface area contributed by atoms with Crippen LogP contribution in [0.25, 0.3) is 0 Å². The van der Waals surface area contributed by atoms with Gasteiger partial charge in [-0.2, -0.15) is 0 Å². The molecular formula is C13H21Cl2FN2O2. The van der Waals surface area contributed by atoms with Crippen molar-refractivity contribution in [1.82, 2.24) is 10.2 Å². The number of alkyl halides is 1. The molecule has 0 aromatic heterocycles. The molecule has 4 nitrogen and oxygen atoms in total. The second kappa shape index (κ2) is 9.23. The van der Waals surface area contributed by atoms with Gasteiger partial charge in [-0.05, 0) is 12.1 Å². The van der Waals surface area contributed by atoms with Crippen LogP contribution < -0.4 is 10.1 Å². The summed E-state index contributed by atoms with van der Waals surface area (Å²) in [5.74, 6) is 0.671. The number of methoxy groups -OCH3 is 1. The highest BCUT2D eigenvalue weighted by Gasteiger charge is 2.24. The van der Waals surface area contributed by atoms with Crippen molar-refractivity contribution in [2.45, 2.75) is 6.04 Å². The van der Waals surface area contributed by atoms with Crippen LogP contribution in [0.2, 0.25) is 0 Å². The van der Waals surface area contributed by atoms with Crippen LogP contribution in [0.3, 0.4) is 0 Å². The number of piperazine rings is 1. The normalized spacial score (nSPS) is 16.7. The van der Waals surface area contributed by atoms with E-state index in [-0.39, 0.29) is 36.6 Å². The first kappa shape index (κ1) is 19.2. The third-order valence-corrected chi connectivity index (χ3v) is 3.34. The second-order valence-corrected chi connectivity index (χ2v) is 4.38. The molecule has 0 unspecified atom stereocenters. The quantitative estimate of drug-likeness (QED) is 0.890. The molecule has 1 aliphatic heterocycles. The van der Waals surface area contributed by atoms with Gasteiger partial charge in [-0.1, -0.05) is 0 Å². The number of phenols is 1. The number of benzene rings is 1. The number of nitrogens with zero attached hydrogens (tertiary/aromatic N) is 1. The van der Waals surface area contributed by atoms with Crippen LogP contribution in [-0.4, -0.2) is 50.0 Å². The van der Waals surface area contributed by atoms with Gasteiger partial charge in [0.1, 0.15) is 18.2 Å². The largest absolute Gasteiger partial charge is 0.507 e. The number of phenolic OH excluding ortho intramolecular Hbond substituents is 1. The lowest BCUT2D eigenvalue weighted by atomic mass is 10.0. The fourth-order valence-electron chi connectivity index (χ4n) is 2.30. The Morgan fingerprint density at radius 2 is 2.00 bits per heavy atom. The summed E-state index contributed by atoms with van der Waals surface area (Å²) in [7, 11) is 1.54. The molecule has 0 aliphatic carbocycles. The maximum Gasteiger partial charge on any atom is 0.124 e. The number of halogens is 3. The van der Waals surface area contributed by atoms with E-state index < -0.39 is 6.67 Å². The molecule has 0 amide bonds. The SMILES string of the molecule is COc1ccc([C@H](CF)N2CCNCC2)c(O)c1.Cl.Cl. The number of ether oxygens (including phenoxy) is 1. The fourth-order valence-corrected chi connectivity index (χ4v) is 2.30. The molecule has 0 saturated carbocycles. The van der Waals surface area contributed by atoms with Crippen LogP contribution in [-0.2, 0) is 0 Å². The molecule has 0 spiro atoms. The first-order valence-electron chi connectivity index (χ1n) is 6.14. The molecular weight excluding hydrogens is 306 g/mol. The van der Waals surface area contributed by atoms with Gasteiger partial charge in [-0.15, -0.1) is 24.8 Å². The second-order valence-electron chi connectivity index (χ2n) is 4.38. The first-order valence-corrected chi connectivity index (χ1v) is 6.14. The van der Waals surface area contributed by atoms with Crippen molar-refractivity contribution in [2.75, 3.05) is 40.0 Å². The molecule has 1 atom stereocenters. The summed E-state index contributed by atoms with van der Waals surface area (Å²) in [5.41, 5.74) is 0.625. The Labute approximate surface area is 131 Å². The summed E-state index contributed by atoms with van der Waals surface area (Å²) in [5, 5.41) is 13.2. The van der Waals surface area contributed by atoms with Crippen LogP contribution in [0.1, 0.15) is 11.6 Å². The Morgan fingerprint density at radius 3 is 2.50 bits per heavy atom. The lowest BCUT2D eigenvalue weighted by molar-refractivity contribution is 0.145. The Kier molecular flexibility index (Phi) is 8.89. The van der Waals surface area contributed by atoms with Crippen LogP contribution in [0, 0.1) is 0 Å². The molecule has 2 rings (SSSR count). The van der Waals surface area contributed by atoms with Gasteiger partial charge >= 0.3 is 0 Å². The van der Waals surface area contributed by atoms with Crippen LogP contribution in [0.4, 0.5) is 4.39 Å². The molecule has 20 heavy (non-hydrogen) atoms. The first-order chi connectivity index (χ1) is 8.76. The van der Waals surface area contributed by atoms with Gasteiger partial charge in [0.15, 0.2) is 0 Å². The van der Waals surface area contributed by atoms with E-state index in [1.165, 1.54) is 13.2 Å².